The number of aliphatic imine (C=N–C) groups is 2. The molecule has 10 aromatic rings. The predicted molar refractivity (Wildman–Crippen MR) is 257 cm³/mol. The second-order valence-electron chi connectivity index (χ2n) is 15.0. The lowest BCUT2D eigenvalue weighted by Crippen LogP contribution is -2.11. The standard InChI is InChI=1S/C51H37N3.C2H5N.C2H6/c1-32-13-3-5-16-37(32)33(2)50(41-20-11-15-34-14-4-6-17-38(34)41)52-31-53-46-23-9-7-19-40(46)44-29-35(25-27-47(44)53)36-26-28-49-45(30-36)43-22-12-21-42-39-18-8-10-24-48(39)54(49)51(42)43;1-3-2;1-2/h3-4,6-15,17-30H,2,5,16,31H2,1H3;1H2,2H3;1-2H3/b52-50+;;. The van der Waals surface area contributed by atoms with Crippen molar-refractivity contribution in [3.63, 3.8) is 0 Å². The van der Waals surface area contributed by atoms with Crippen LogP contribution in [0.15, 0.2) is 191 Å². The van der Waals surface area contributed by atoms with Crippen LogP contribution in [0.4, 0.5) is 0 Å². The molecule has 0 saturated carbocycles. The highest BCUT2D eigenvalue weighted by Crippen LogP contribution is 2.41. The van der Waals surface area contributed by atoms with Crippen LogP contribution in [0.25, 0.3) is 81.8 Å². The van der Waals surface area contributed by atoms with Crippen LogP contribution in [0.1, 0.15) is 39.2 Å². The zero-order valence-corrected chi connectivity index (χ0v) is 34.3. The highest BCUT2D eigenvalue weighted by molar-refractivity contribution is 6.24. The van der Waals surface area contributed by atoms with Crippen LogP contribution in [-0.4, -0.2) is 28.4 Å². The van der Waals surface area contributed by atoms with E-state index in [4.69, 9.17) is 11.6 Å². The van der Waals surface area contributed by atoms with E-state index in [1.807, 2.05) is 13.8 Å². The van der Waals surface area contributed by atoms with Gasteiger partial charge in [0.2, 0.25) is 0 Å². The van der Waals surface area contributed by atoms with Gasteiger partial charge in [0.1, 0.15) is 6.67 Å². The third-order valence-electron chi connectivity index (χ3n) is 11.8. The van der Waals surface area contributed by atoms with Gasteiger partial charge in [0.25, 0.3) is 0 Å². The maximum absolute atomic E-state index is 5.49. The molecule has 0 bridgehead atoms. The second-order valence-corrected chi connectivity index (χ2v) is 15.0. The second kappa shape index (κ2) is 15.7. The van der Waals surface area contributed by atoms with Gasteiger partial charge in [-0.15, -0.1) is 0 Å². The third-order valence-corrected chi connectivity index (χ3v) is 11.8. The summed E-state index contributed by atoms with van der Waals surface area (Å²) in [6.07, 6.45) is 6.49. The summed E-state index contributed by atoms with van der Waals surface area (Å²) in [7, 11) is 1.64. The molecule has 11 rings (SSSR count). The van der Waals surface area contributed by atoms with Crippen LogP contribution in [0.3, 0.4) is 0 Å². The van der Waals surface area contributed by atoms with Crippen LogP contribution in [-0.2, 0) is 6.67 Å². The number of allylic oxidation sites excluding steroid dienone is 5. The first-order valence-electron chi connectivity index (χ1n) is 20.7. The first-order chi connectivity index (χ1) is 29.1. The maximum atomic E-state index is 5.49. The number of hydrogen-bond donors (Lipinski definition) is 0. The van der Waals surface area contributed by atoms with Crippen molar-refractivity contribution in [2.75, 3.05) is 7.05 Å². The molecule has 1 aliphatic carbocycles. The van der Waals surface area contributed by atoms with Gasteiger partial charge in [0.05, 0.1) is 33.3 Å². The number of benzene rings is 7. The number of aromatic nitrogens is 2. The molecule has 288 valence electrons. The van der Waals surface area contributed by atoms with Crippen molar-refractivity contribution in [1.82, 2.24) is 8.97 Å². The van der Waals surface area contributed by atoms with Crippen LogP contribution in [0.2, 0.25) is 0 Å². The molecule has 0 amide bonds. The van der Waals surface area contributed by atoms with Gasteiger partial charge in [0.15, 0.2) is 0 Å². The molecule has 3 heterocycles. The SMILES string of the molecule is C=C(C1=C(C)C=CCC1)/C(=N\Cn1c2ccccc2c2cc(-c3ccc4c(c3)c3cccc5c6ccccc6n4c53)ccc21)c1cccc2ccccc12.C=NC.CC. The van der Waals surface area contributed by atoms with E-state index in [1.54, 1.807) is 7.05 Å². The van der Waals surface area contributed by atoms with E-state index in [2.05, 4.69) is 185 Å². The molecule has 0 aliphatic heterocycles. The largest absolute Gasteiger partial charge is 0.320 e. The predicted octanol–water partition coefficient (Wildman–Crippen LogP) is 14.8. The lowest BCUT2D eigenvalue weighted by molar-refractivity contribution is 0.792. The van der Waals surface area contributed by atoms with E-state index in [0.717, 1.165) is 29.7 Å². The Labute approximate surface area is 345 Å². The first-order valence-corrected chi connectivity index (χ1v) is 20.7. The van der Waals surface area contributed by atoms with Crippen molar-refractivity contribution in [1.29, 1.82) is 0 Å². The minimum Gasteiger partial charge on any atom is -0.320 e. The minimum absolute atomic E-state index is 0.484. The molecular formula is C55H48N4. The van der Waals surface area contributed by atoms with Gasteiger partial charge in [-0.3, -0.25) is 4.99 Å². The number of nitrogens with zero attached hydrogens (tertiary/aromatic N) is 4. The number of para-hydroxylation sites is 3. The molecule has 4 heteroatoms. The Balaban J connectivity index is 0.000000861. The Hall–Kier alpha value is -7.04. The maximum Gasteiger partial charge on any atom is 0.115 e. The normalized spacial score (nSPS) is 13.1. The summed E-state index contributed by atoms with van der Waals surface area (Å²) in [6.45, 7) is 14.5. The third kappa shape index (κ3) is 6.24. The van der Waals surface area contributed by atoms with E-state index in [1.165, 1.54) is 92.9 Å². The zero-order chi connectivity index (χ0) is 40.6. The lowest BCUT2D eigenvalue weighted by Gasteiger charge is -2.19. The van der Waals surface area contributed by atoms with Crippen molar-refractivity contribution in [2.45, 2.75) is 40.3 Å². The number of hydrogen-bond acceptors (Lipinski definition) is 2. The molecular weight excluding hydrogens is 717 g/mol. The first kappa shape index (κ1) is 37.5. The highest BCUT2D eigenvalue weighted by atomic mass is 15.1. The van der Waals surface area contributed by atoms with E-state index >= 15 is 0 Å². The topological polar surface area (TPSA) is 34.1 Å². The van der Waals surface area contributed by atoms with Gasteiger partial charge < -0.3 is 14.0 Å². The smallest absolute Gasteiger partial charge is 0.115 e. The summed E-state index contributed by atoms with van der Waals surface area (Å²) < 4.78 is 4.82. The van der Waals surface area contributed by atoms with Gasteiger partial charge in [-0.1, -0.05) is 142 Å². The van der Waals surface area contributed by atoms with Crippen molar-refractivity contribution in [2.24, 2.45) is 9.98 Å². The Morgan fingerprint density at radius 2 is 1.14 bits per heavy atom. The minimum atomic E-state index is 0.484. The summed E-state index contributed by atoms with van der Waals surface area (Å²) in [5.41, 5.74) is 14.3. The summed E-state index contributed by atoms with van der Waals surface area (Å²) >= 11 is 0. The van der Waals surface area contributed by atoms with Crippen LogP contribution in [0, 0.1) is 0 Å². The molecule has 0 N–H and O–H groups in total. The summed E-state index contributed by atoms with van der Waals surface area (Å²) in [4.78, 5) is 8.74. The monoisotopic (exact) mass is 764 g/mol. The average Bonchev–Trinajstić information content (AvgIpc) is 3.92. The van der Waals surface area contributed by atoms with E-state index in [-0.39, 0.29) is 0 Å². The highest BCUT2D eigenvalue weighted by Gasteiger charge is 2.20. The Bertz CT molecular complexity index is 3320. The quantitative estimate of drug-likeness (QED) is 0.151. The zero-order valence-electron chi connectivity index (χ0n) is 34.3. The number of rotatable bonds is 6. The molecule has 0 fully saturated rings. The van der Waals surface area contributed by atoms with Crippen LogP contribution < -0.4 is 0 Å². The fourth-order valence-corrected chi connectivity index (χ4v) is 9.23. The average molecular weight is 765 g/mol. The molecule has 7 aromatic carbocycles. The molecule has 59 heavy (non-hydrogen) atoms. The lowest BCUT2D eigenvalue weighted by atomic mass is 9.87. The fourth-order valence-electron chi connectivity index (χ4n) is 9.23. The molecule has 1 aliphatic rings. The molecule has 0 saturated heterocycles. The molecule has 0 unspecified atom stereocenters. The molecule has 0 radical (unpaired) electrons. The molecule has 4 nitrogen and oxygen atoms in total. The van der Waals surface area contributed by atoms with Crippen LogP contribution >= 0.6 is 0 Å². The molecule has 3 aromatic heterocycles. The van der Waals surface area contributed by atoms with Crippen molar-refractivity contribution in [3.05, 3.63) is 187 Å². The van der Waals surface area contributed by atoms with Crippen LogP contribution in [0.5, 0.6) is 0 Å². The van der Waals surface area contributed by atoms with Gasteiger partial charge in [-0.25, -0.2) is 0 Å². The van der Waals surface area contributed by atoms with Gasteiger partial charge in [-0.2, -0.15) is 0 Å². The Morgan fingerprint density at radius 1 is 0.610 bits per heavy atom. The molecule has 0 atom stereocenters. The summed E-state index contributed by atoms with van der Waals surface area (Å²) in [5, 5.41) is 10.1. The van der Waals surface area contributed by atoms with Gasteiger partial charge >= 0.3 is 0 Å². The Kier molecular flexibility index (Phi) is 10.00. The van der Waals surface area contributed by atoms with Crippen molar-refractivity contribution >= 4 is 83.1 Å². The van der Waals surface area contributed by atoms with Gasteiger partial charge in [0, 0.05) is 44.9 Å². The van der Waals surface area contributed by atoms with Gasteiger partial charge in [-0.05, 0) is 101 Å². The summed E-state index contributed by atoms with van der Waals surface area (Å²) in [5.74, 6) is 0. The van der Waals surface area contributed by atoms with E-state index in [9.17, 15) is 0 Å². The van der Waals surface area contributed by atoms with Crippen molar-refractivity contribution < 1.29 is 0 Å². The summed E-state index contributed by atoms with van der Waals surface area (Å²) in [6, 6.07) is 53.3. The number of fused-ring (bicyclic) bond motifs is 10. The van der Waals surface area contributed by atoms with E-state index < -0.39 is 0 Å². The Morgan fingerprint density at radius 3 is 1.86 bits per heavy atom. The fraction of sp³-hybridized carbons (Fsp3) is 0.127. The van der Waals surface area contributed by atoms with E-state index in [0.29, 0.717) is 6.67 Å². The molecule has 0 spiro atoms. The van der Waals surface area contributed by atoms with Crippen molar-refractivity contribution in [3.8, 4) is 11.1 Å².